The molecule has 25 heavy (non-hydrogen) atoms. The molecule has 0 unspecified atom stereocenters. The molecule has 128 valence electrons. The quantitative estimate of drug-likeness (QED) is 0.697. The molecule has 5 nitrogen and oxygen atoms in total. The molecule has 0 aliphatic heterocycles. The summed E-state index contributed by atoms with van der Waals surface area (Å²) < 4.78 is 5.22. The molecule has 6 heteroatoms. The molecule has 0 spiro atoms. The van der Waals surface area contributed by atoms with Crippen molar-refractivity contribution in [1.29, 1.82) is 0 Å². The van der Waals surface area contributed by atoms with Crippen molar-refractivity contribution in [3.63, 3.8) is 0 Å². The number of aromatic nitrogens is 2. The molecule has 2 heterocycles. The van der Waals surface area contributed by atoms with E-state index >= 15 is 0 Å². The first kappa shape index (κ1) is 16.0. The highest BCUT2D eigenvalue weighted by molar-refractivity contribution is 7.15. The van der Waals surface area contributed by atoms with Gasteiger partial charge in [-0.25, -0.2) is 4.98 Å². The molecule has 0 bridgehead atoms. The summed E-state index contributed by atoms with van der Waals surface area (Å²) in [4.78, 5) is 18.3. The number of anilines is 1. The van der Waals surface area contributed by atoms with E-state index in [1.54, 1.807) is 17.4 Å². The third-order valence-electron chi connectivity index (χ3n) is 4.40. The largest absolute Gasteiger partial charge is 0.350 e. The van der Waals surface area contributed by atoms with Gasteiger partial charge in [-0.15, -0.1) is 11.3 Å². The molecule has 2 aromatic heterocycles. The number of fused-ring (bicyclic) bond motifs is 1. The van der Waals surface area contributed by atoms with E-state index in [4.69, 9.17) is 4.52 Å². The van der Waals surface area contributed by atoms with Crippen LogP contribution < -0.4 is 5.32 Å². The molecule has 1 amide bonds. The van der Waals surface area contributed by atoms with Crippen LogP contribution in [0.15, 0.2) is 34.9 Å². The van der Waals surface area contributed by atoms with Crippen molar-refractivity contribution in [1.82, 2.24) is 10.1 Å². The van der Waals surface area contributed by atoms with Crippen LogP contribution in [0.25, 0.3) is 11.3 Å². The van der Waals surface area contributed by atoms with E-state index in [2.05, 4.69) is 15.5 Å². The number of nitrogens with one attached hydrogen (secondary N) is 1. The second-order valence-electron chi connectivity index (χ2n) is 6.35. The fourth-order valence-corrected chi connectivity index (χ4v) is 4.03. The van der Waals surface area contributed by atoms with Gasteiger partial charge in [-0.3, -0.25) is 10.1 Å². The van der Waals surface area contributed by atoms with Gasteiger partial charge in [0.2, 0.25) is 5.76 Å². The van der Waals surface area contributed by atoms with Gasteiger partial charge in [0.05, 0.1) is 5.69 Å². The smallest absolute Gasteiger partial charge is 0.296 e. The molecule has 1 aliphatic rings. The fourth-order valence-electron chi connectivity index (χ4n) is 2.98. The number of hydrogen-bond acceptors (Lipinski definition) is 5. The lowest BCUT2D eigenvalue weighted by atomic mass is 10.1. The molecule has 4 rings (SSSR count). The Balaban J connectivity index is 1.49. The van der Waals surface area contributed by atoms with Gasteiger partial charge in [0.1, 0.15) is 5.69 Å². The first-order chi connectivity index (χ1) is 12.2. The van der Waals surface area contributed by atoms with E-state index < -0.39 is 0 Å². The van der Waals surface area contributed by atoms with E-state index in [9.17, 15) is 4.79 Å². The van der Waals surface area contributed by atoms with Crippen LogP contribution in [-0.4, -0.2) is 16.0 Å². The Morgan fingerprint density at radius 2 is 1.96 bits per heavy atom. The Kier molecular flexibility index (Phi) is 4.36. The number of thiazole rings is 1. The summed E-state index contributed by atoms with van der Waals surface area (Å²) in [7, 11) is 0. The summed E-state index contributed by atoms with van der Waals surface area (Å²) in [6.45, 7) is 2.03. The average molecular weight is 353 g/mol. The summed E-state index contributed by atoms with van der Waals surface area (Å²) in [6, 6.07) is 9.61. The monoisotopic (exact) mass is 353 g/mol. The first-order valence-electron chi connectivity index (χ1n) is 8.53. The van der Waals surface area contributed by atoms with Gasteiger partial charge in [0.15, 0.2) is 5.13 Å². The molecule has 0 fully saturated rings. The van der Waals surface area contributed by atoms with Gasteiger partial charge < -0.3 is 4.52 Å². The number of hydrogen-bond donors (Lipinski definition) is 1. The predicted octanol–water partition coefficient (Wildman–Crippen LogP) is 4.63. The number of rotatable bonds is 3. The highest BCUT2D eigenvalue weighted by atomic mass is 32.1. The molecule has 1 aliphatic carbocycles. The van der Waals surface area contributed by atoms with Crippen LogP contribution in [0.4, 0.5) is 5.13 Å². The molecular formula is C19H19N3O2S. The lowest BCUT2D eigenvalue weighted by molar-refractivity contribution is 0.0988. The number of nitrogens with zero attached hydrogens (tertiary/aromatic N) is 2. The van der Waals surface area contributed by atoms with Crippen LogP contribution in [0.3, 0.4) is 0 Å². The van der Waals surface area contributed by atoms with E-state index in [-0.39, 0.29) is 11.7 Å². The SMILES string of the molecule is Cc1ccc(-c2cc(C(=O)Nc3nc4c(s3)CCCCC4)on2)cc1. The van der Waals surface area contributed by atoms with E-state index in [1.165, 1.54) is 29.7 Å². The van der Waals surface area contributed by atoms with Crippen LogP contribution >= 0.6 is 11.3 Å². The fraction of sp³-hybridized carbons (Fsp3) is 0.316. The summed E-state index contributed by atoms with van der Waals surface area (Å²) in [6.07, 6.45) is 5.69. The molecule has 0 atom stereocenters. The normalized spacial score (nSPS) is 14.0. The Bertz CT molecular complexity index is 872. The molecule has 3 aromatic rings. The van der Waals surface area contributed by atoms with Crippen molar-refractivity contribution >= 4 is 22.4 Å². The third-order valence-corrected chi connectivity index (χ3v) is 5.47. The second kappa shape index (κ2) is 6.80. The second-order valence-corrected chi connectivity index (χ2v) is 7.43. The summed E-state index contributed by atoms with van der Waals surface area (Å²) in [5, 5.41) is 7.49. The molecule has 0 saturated heterocycles. The van der Waals surface area contributed by atoms with Gasteiger partial charge in [0, 0.05) is 16.5 Å². The Morgan fingerprint density at radius 3 is 2.80 bits per heavy atom. The minimum atomic E-state index is -0.310. The molecule has 0 radical (unpaired) electrons. The van der Waals surface area contributed by atoms with Crippen molar-refractivity contribution < 1.29 is 9.32 Å². The Labute approximate surface area is 150 Å². The van der Waals surface area contributed by atoms with Crippen molar-refractivity contribution in [2.24, 2.45) is 0 Å². The molecule has 1 N–H and O–H groups in total. The zero-order valence-electron chi connectivity index (χ0n) is 14.0. The highest BCUT2D eigenvalue weighted by Crippen LogP contribution is 2.29. The van der Waals surface area contributed by atoms with Crippen LogP contribution in [0.2, 0.25) is 0 Å². The number of aryl methyl sites for hydroxylation is 3. The summed E-state index contributed by atoms with van der Waals surface area (Å²) in [5.41, 5.74) is 3.89. The molecule has 1 aromatic carbocycles. The van der Waals surface area contributed by atoms with Gasteiger partial charge in [-0.05, 0) is 32.6 Å². The topological polar surface area (TPSA) is 68.0 Å². The summed E-state index contributed by atoms with van der Waals surface area (Å²) in [5.74, 6) is -0.115. The zero-order chi connectivity index (χ0) is 17.2. The zero-order valence-corrected chi connectivity index (χ0v) is 14.9. The third kappa shape index (κ3) is 3.49. The van der Waals surface area contributed by atoms with Gasteiger partial charge in [0.25, 0.3) is 5.91 Å². The van der Waals surface area contributed by atoms with Gasteiger partial charge in [-0.2, -0.15) is 0 Å². The highest BCUT2D eigenvalue weighted by Gasteiger charge is 2.18. The minimum Gasteiger partial charge on any atom is -0.350 e. The Morgan fingerprint density at radius 1 is 1.16 bits per heavy atom. The van der Waals surface area contributed by atoms with Crippen LogP contribution in [0.1, 0.15) is 46.0 Å². The van der Waals surface area contributed by atoms with Crippen LogP contribution in [-0.2, 0) is 12.8 Å². The van der Waals surface area contributed by atoms with Crippen molar-refractivity contribution in [3.8, 4) is 11.3 Å². The average Bonchev–Trinajstić information content (AvgIpc) is 3.18. The standard InChI is InChI=1S/C19H19N3O2S/c1-12-7-9-13(10-8-12)15-11-16(24-22-15)18(23)21-19-20-14-5-3-2-4-6-17(14)25-19/h7-11H,2-6H2,1H3,(H,20,21,23). The maximum Gasteiger partial charge on any atom is 0.296 e. The first-order valence-corrected chi connectivity index (χ1v) is 9.34. The number of amides is 1. The lowest BCUT2D eigenvalue weighted by Crippen LogP contribution is -2.10. The van der Waals surface area contributed by atoms with Gasteiger partial charge in [-0.1, -0.05) is 41.4 Å². The lowest BCUT2D eigenvalue weighted by Gasteiger charge is -1.97. The maximum absolute atomic E-state index is 12.4. The predicted molar refractivity (Wildman–Crippen MR) is 98.0 cm³/mol. The maximum atomic E-state index is 12.4. The molecule has 0 saturated carbocycles. The minimum absolute atomic E-state index is 0.195. The Hall–Kier alpha value is -2.47. The van der Waals surface area contributed by atoms with E-state index in [1.807, 2.05) is 31.2 Å². The molecular weight excluding hydrogens is 334 g/mol. The van der Waals surface area contributed by atoms with E-state index in [0.29, 0.717) is 10.8 Å². The summed E-state index contributed by atoms with van der Waals surface area (Å²) >= 11 is 1.57. The van der Waals surface area contributed by atoms with Crippen molar-refractivity contribution in [2.45, 2.75) is 39.0 Å². The van der Waals surface area contributed by atoms with Crippen molar-refractivity contribution in [3.05, 3.63) is 52.2 Å². The number of benzene rings is 1. The number of carbonyl (C=O) groups is 1. The van der Waals surface area contributed by atoms with Gasteiger partial charge >= 0.3 is 0 Å². The number of carbonyl (C=O) groups excluding carboxylic acids is 1. The van der Waals surface area contributed by atoms with Crippen LogP contribution in [0, 0.1) is 6.92 Å². The van der Waals surface area contributed by atoms with Crippen molar-refractivity contribution in [2.75, 3.05) is 5.32 Å². The van der Waals surface area contributed by atoms with Crippen LogP contribution in [0.5, 0.6) is 0 Å². The van der Waals surface area contributed by atoms with E-state index in [0.717, 1.165) is 24.1 Å².